The molecule has 1 aliphatic heterocycles. The molecule has 5 heteroatoms. The molecule has 2 N–H and O–H groups in total. The number of hydrogen-bond acceptors (Lipinski definition) is 4. The highest BCUT2D eigenvalue weighted by molar-refractivity contribution is 5.95. The van der Waals surface area contributed by atoms with Crippen LogP contribution in [0, 0.1) is 11.8 Å². The molecule has 2 rings (SSSR count). The second-order valence-corrected chi connectivity index (χ2v) is 6.21. The SMILES string of the molecule is COc1cc(C(=O)N2CCC(CN)C2)ccc1OCC(C)C. The summed E-state index contributed by atoms with van der Waals surface area (Å²) in [7, 11) is 1.59. The van der Waals surface area contributed by atoms with E-state index in [9.17, 15) is 4.79 Å². The molecular formula is C17H26N2O3. The summed E-state index contributed by atoms with van der Waals surface area (Å²) in [5.41, 5.74) is 6.31. The molecule has 1 atom stereocenters. The van der Waals surface area contributed by atoms with E-state index in [1.807, 2.05) is 11.0 Å². The molecule has 0 aliphatic carbocycles. The summed E-state index contributed by atoms with van der Waals surface area (Å²) in [6.45, 7) is 6.94. The number of methoxy groups -OCH3 is 1. The van der Waals surface area contributed by atoms with Crippen molar-refractivity contribution in [2.24, 2.45) is 17.6 Å². The number of carbonyl (C=O) groups excluding carboxylic acids is 1. The van der Waals surface area contributed by atoms with Gasteiger partial charge in [-0.3, -0.25) is 4.79 Å². The predicted molar refractivity (Wildman–Crippen MR) is 86.4 cm³/mol. The summed E-state index contributed by atoms with van der Waals surface area (Å²) in [6, 6.07) is 5.37. The average Bonchev–Trinajstić information content (AvgIpc) is 3.01. The maximum absolute atomic E-state index is 12.5. The fraction of sp³-hybridized carbons (Fsp3) is 0.588. The van der Waals surface area contributed by atoms with Crippen molar-refractivity contribution < 1.29 is 14.3 Å². The Hall–Kier alpha value is -1.75. The summed E-state index contributed by atoms with van der Waals surface area (Å²) in [4.78, 5) is 14.4. The second kappa shape index (κ2) is 7.49. The molecule has 1 saturated heterocycles. The van der Waals surface area contributed by atoms with Gasteiger partial charge in [0.15, 0.2) is 11.5 Å². The van der Waals surface area contributed by atoms with Crippen LogP contribution >= 0.6 is 0 Å². The molecule has 1 unspecified atom stereocenters. The van der Waals surface area contributed by atoms with Gasteiger partial charge in [0.05, 0.1) is 13.7 Å². The van der Waals surface area contributed by atoms with Crippen LogP contribution in [0.5, 0.6) is 11.5 Å². The third-order valence-corrected chi connectivity index (χ3v) is 3.89. The molecule has 1 fully saturated rings. The standard InChI is InChI=1S/C17H26N2O3/c1-12(2)11-22-15-5-4-14(8-16(15)21-3)17(20)19-7-6-13(9-18)10-19/h4-5,8,12-13H,6-7,9-11,18H2,1-3H3. The molecule has 1 aliphatic rings. The highest BCUT2D eigenvalue weighted by Crippen LogP contribution is 2.29. The summed E-state index contributed by atoms with van der Waals surface area (Å²) in [5.74, 6) is 2.16. The number of benzene rings is 1. The zero-order chi connectivity index (χ0) is 16.1. The van der Waals surface area contributed by atoms with Crippen molar-refractivity contribution in [1.29, 1.82) is 0 Å². The minimum atomic E-state index is 0.0321. The summed E-state index contributed by atoms with van der Waals surface area (Å²) in [5, 5.41) is 0. The minimum Gasteiger partial charge on any atom is -0.493 e. The van der Waals surface area contributed by atoms with E-state index < -0.39 is 0 Å². The third-order valence-electron chi connectivity index (χ3n) is 3.89. The van der Waals surface area contributed by atoms with E-state index in [0.29, 0.717) is 42.0 Å². The van der Waals surface area contributed by atoms with Crippen LogP contribution in [0.1, 0.15) is 30.6 Å². The van der Waals surface area contributed by atoms with E-state index in [1.165, 1.54) is 0 Å². The Morgan fingerprint density at radius 2 is 2.18 bits per heavy atom. The maximum Gasteiger partial charge on any atom is 0.254 e. The van der Waals surface area contributed by atoms with Crippen LogP contribution in [0.15, 0.2) is 18.2 Å². The molecule has 22 heavy (non-hydrogen) atoms. The predicted octanol–water partition coefficient (Wildman–Crippen LogP) is 2.15. The highest BCUT2D eigenvalue weighted by Gasteiger charge is 2.26. The van der Waals surface area contributed by atoms with Gasteiger partial charge in [0.2, 0.25) is 0 Å². The molecule has 0 bridgehead atoms. The number of rotatable bonds is 6. The molecular weight excluding hydrogens is 280 g/mol. The van der Waals surface area contributed by atoms with Crippen molar-refractivity contribution in [3.05, 3.63) is 23.8 Å². The molecule has 1 aromatic carbocycles. The van der Waals surface area contributed by atoms with Crippen LogP contribution in [0.4, 0.5) is 0 Å². The lowest BCUT2D eigenvalue weighted by atomic mass is 10.1. The first-order valence-electron chi connectivity index (χ1n) is 7.85. The van der Waals surface area contributed by atoms with E-state index in [0.717, 1.165) is 19.5 Å². The Labute approximate surface area is 132 Å². The third kappa shape index (κ3) is 3.91. The Bertz CT molecular complexity index is 517. The maximum atomic E-state index is 12.5. The monoisotopic (exact) mass is 306 g/mol. The molecule has 0 radical (unpaired) electrons. The Morgan fingerprint density at radius 1 is 1.41 bits per heavy atom. The second-order valence-electron chi connectivity index (χ2n) is 6.21. The van der Waals surface area contributed by atoms with Crippen LogP contribution in [-0.4, -0.2) is 44.2 Å². The van der Waals surface area contributed by atoms with Gasteiger partial charge in [-0.25, -0.2) is 0 Å². The van der Waals surface area contributed by atoms with Crippen LogP contribution in [0.2, 0.25) is 0 Å². The minimum absolute atomic E-state index is 0.0321. The van der Waals surface area contributed by atoms with Crippen LogP contribution in [0.3, 0.4) is 0 Å². The van der Waals surface area contributed by atoms with Crippen molar-refractivity contribution in [3.8, 4) is 11.5 Å². The fourth-order valence-electron chi connectivity index (χ4n) is 2.57. The lowest BCUT2D eigenvalue weighted by molar-refractivity contribution is 0.0787. The van der Waals surface area contributed by atoms with E-state index in [4.69, 9.17) is 15.2 Å². The van der Waals surface area contributed by atoms with Gasteiger partial charge in [-0.1, -0.05) is 13.8 Å². The van der Waals surface area contributed by atoms with Gasteiger partial charge in [-0.2, -0.15) is 0 Å². The summed E-state index contributed by atoms with van der Waals surface area (Å²) < 4.78 is 11.1. The van der Waals surface area contributed by atoms with Crippen molar-refractivity contribution in [3.63, 3.8) is 0 Å². The van der Waals surface area contributed by atoms with Gasteiger partial charge >= 0.3 is 0 Å². The molecule has 0 aromatic heterocycles. The molecule has 0 spiro atoms. The lowest BCUT2D eigenvalue weighted by Crippen LogP contribution is -2.29. The van der Waals surface area contributed by atoms with Crippen LogP contribution in [-0.2, 0) is 0 Å². The number of amides is 1. The first kappa shape index (κ1) is 16.6. The zero-order valence-electron chi connectivity index (χ0n) is 13.7. The molecule has 122 valence electrons. The number of nitrogens with two attached hydrogens (primary N) is 1. The summed E-state index contributed by atoms with van der Waals surface area (Å²) >= 11 is 0. The largest absolute Gasteiger partial charge is 0.493 e. The quantitative estimate of drug-likeness (QED) is 0.874. The van der Waals surface area contributed by atoms with E-state index in [1.54, 1.807) is 19.2 Å². The van der Waals surface area contributed by atoms with Gasteiger partial charge in [0, 0.05) is 18.7 Å². The van der Waals surface area contributed by atoms with Gasteiger partial charge in [-0.15, -0.1) is 0 Å². The number of nitrogens with zero attached hydrogens (tertiary/aromatic N) is 1. The Balaban J connectivity index is 2.10. The lowest BCUT2D eigenvalue weighted by Gasteiger charge is -2.18. The first-order valence-corrected chi connectivity index (χ1v) is 7.85. The van der Waals surface area contributed by atoms with Gasteiger partial charge in [0.1, 0.15) is 0 Å². The molecule has 1 heterocycles. The topological polar surface area (TPSA) is 64.8 Å². The highest BCUT2D eigenvalue weighted by atomic mass is 16.5. The van der Waals surface area contributed by atoms with Crippen molar-refractivity contribution in [2.75, 3.05) is 33.4 Å². The Kier molecular flexibility index (Phi) is 5.66. The average molecular weight is 306 g/mol. The number of hydrogen-bond donors (Lipinski definition) is 1. The smallest absolute Gasteiger partial charge is 0.254 e. The van der Waals surface area contributed by atoms with Crippen LogP contribution < -0.4 is 15.2 Å². The fourth-order valence-corrected chi connectivity index (χ4v) is 2.57. The van der Waals surface area contributed by atoms with E-state index >= 15 is 0 Å². The first-order chi connectivity index (χ1) is 10.5. The summed E-state index contributed by atoms with van der Waals surface area (Å²) in [6.07, 6.45) is 0.981. The van der Waals surface area contributed by atoms with Crippen molar-refractivity contribution >= 4 is 5.91 Å². The number of ether oxygens (including phenoxy) is 2. The molecule has 5 nitrogen and oxygen atoms in total. The van der Waals surface area contributed by atoms with Gasteiger partial charge in [0.25, 0.3) is 5.91 Å². The number of likely N-dealkylation sites (tertiary alicyclic amines) is 1. The Morgan fingerprint density at radius 3 is 2.77 bits per heavy atom. The van der Waals surface area contributed by atoms with Gasteiger partial charge in [-0.05, 0) is 43.0 Å². The van der Waals surface area contributed by atoms with E-state index in [2.05, 4.69) is 13.8 Å². The van der Waals surface area contributed by atoms with Crippen molar-refractivity contribution in [2.45, 2.75) is 20.3 Å². The number of carbonyl (C=O) groups is 1. The van der Waals surface area contributed by atoms with Crippen LogP contribution in [0.25, 0.3) is 0 Å². The normalized spacial score (nSPS) is 17.9. The van der Waals surface area contributed by atoms with Crippen molar-refractivity contribution in [1.82, 2.24) is 4.90 Å². The molecule has 1 aromatic rings. The van der Waals surface area contributed by atoms with E-state index in [-0.39, 0.29) is 5.91 Å². The molecule has 1 amide bonds. The molecule has 0 saturated carbocycles. The van der Waals surface area contributed by atoms with Gasteiger partial charge < -0.3 is 20.1 Å². The zero-order valence-corrected chi connectivity index (χ0v) is 13.7.